The number of hydrogen-bond acceptors (Lipinski definition) is 6. The summed E-state index contributed by atoms with van der Waals surface area (Å²) < 4.78 is 74.5. The third kappa shape index (κ3) is 8.91. The summed E-state index contributed by atoms with van der Waals surface area (Å²) >= 11 is 0. The number of alkyl halides is 3. The number of benzene rings is 3. The Balaban J connectivity index is 0.000000616. The summed E-state index contributed by atoms with van der Waals surface area (Å²) in [7, 11) is -4.21. The number of nitrogens with zero attached hydrogens (tertiary/aromatic N) is 1. The molecule has 0 saturated carbocycles. The molecule has 0 spiro atoms. The van der Waals surface area contributed by atoms with Gasteiger partial charge in [-0.05, 0) is 47.9 Å². The van der Waals surface area contributed by atoms with Gasteiger partial charge in [0, 0.05) is 38.3 Å². The van der Waals surface area contributed by atoms with Gasteiger partial charge < -0.3 is 20.6 Å². The van der Waals surface area contributed by atoms with Gasteiger partial charge >= 0.3 is 12.1 Å². The van der Waals surface area contributed by atoms with E-state index in [-0.39, 0.29) is 11.6 Å². The van der Waals surface area contributed by atoms with E-state index in [1.54, 1.807) is 12.1 Å². The second kappa shape index (κ2) is 14.1. The molecule has 4 N–H and O–H groups in total. The van der Waals surface area contributed by atoms with Gasteiger partial charge in [-0.15, -0.1) is 0 Å². The summed E-state index contributed by atoms with van der Waals surface area (Å²) in [5.41, 5.74) is 3.36. The minimum atomic E-state index is -5.08. The van der Waals surface area contributed by atoms with Crippen molar-refractivity contribution in [1.29, 1.82) is 0 Å². The number of amides is 1. The molecular weight excluding hydrogens is 580 g/mol. The smallest absolute Gasteiger partial charge is 0.475 e. The number of carboxylic acids is 1. The Morgan fingerprint density at radius 2 is 1.57 bits per heavy atom. The highest BCUT2D eigenvalue weighted by Gasteiger charge is 2.38. The lowest BCUT2D eigenvalue weighted by molar-refractivity contribution is -0.192. The number of aryl methyl sites for hydroxylation is 1. The Labute approximate surface area is 240 Å². The van der Waals surface area contributed by atoms with E-state index in [4.69, 9.17) is 9.90 Å². The molecule has 0 aromatic heterocycles. The van der Waals surface area contributed by atoms with Gasteiger partial charge in [0.15, 0.2) is 0 Å². The van der Waals surface area contributed by atoms with Gasteiger partial charge in [-0.1, -0.05) is 43.3 Å². The molecule has 0 bridgehead atoms. The first-order chi connectivity index (χ1) is 19.8. The van der Waals surface area contributed by atoms with Crippen molar-refractivity contribution in [2.45, 2.75) is 31.0 Å². The lowest BCUT2D eigenvalue weighted by Gasteiger charge is -2.31. The predicted octanol–water partition coefficient (Wildman–Crippen LogP) is 4.16. The number of rotatable bonds is 8. The van der Waals surface area contributed by atoms with Crippen LogP contribution in [0, 0.1) is 5.82 Å². The Kier molecular flexibility index (Phi) is 10.9. The molecule has 226 valence electrons. The van der Waals surface area contributed by atoms with Crippen molar-refractivity contribution >= 4 is 33.3 Å². The highest BCUT2D eigenvalue weighted by molar-refractivity contribution is 7.92. The van der Waals surface area contributed by atoms with Crippen LogP contribution in [0.2, 0.25) is 0 Å². The monoisotopic (exact) mass is 610 g/mol. The highest BCUT2D eigenvalue weighted by atomic mass is 32.2. The Hall–Kier alpha value is -4.17. The number of carbonyl (C=O) groups is 2. The van der Waals surface area contributed by atoms with Crippen LogP contribution in [-0.4, -0.2) is 57.8 Å². The van der Waals surface area contributed by atoms with E-state index >= 15 is 0 Å². The van der Waals surface area contributed by atoms with E-state index in [0.29, 0.717) is 30.9 Å². The van der Waals surface area contributed by atoms with Gasteiger partial charge in [0.25, 0.3) is 15.9 Å². The molecule has 1 aliphatic rings. The lowest BCUT2D eigenvalue weighted by Crippen LogP contribution is -2.43. The third-order valence-corrected chi connectivity index (χ3v) is 7.61. The van der Waals surface area contributed by atoms with Crippen LogP contribution in [0.1, 0.15) is 28.4 Å². The molecule has 1 fully saturated rings. The van der Waals surface area contributed by atoms with Gasteiger partial charge in [0.05, 0.1) is 11.4 Å². The summed E-state index contributed by atoms with van der Waals surface area (Å²) in [6, 6.07) is 18.1. The van der Waals surface area contributed by atoms with Crippen LogP contribution >= 0.6 is 0 Å². The zero-order chi connectivity index (χ0) is 30.9. The maximum Gasteiger partial charge on any atom is 0.490 e. The molecule has 1 aliphatic heterocycles. The van der Waals surface area contributed by atoms with Crippen LogP contribution in [0.4, 0.5) is 28.9 Å². The van der Waals surface area contributed by atoms with Gasteiger partial charge in [-0.25, -0.2) is 17.6 Å². The average Bonchev–Trinajstić information content (AvgIpc) is 2.96. The minimum absolute atomic E-state index is 0.232. The van der Waals surface area contributed by atoms with Crippen molar-refractivity contribution in [1.82, 2.24) is 10.6 Å². The molecular formula is C28H30F4N4O5S. The van der Waals surface area contributed by atoms with Crippen LogP contribution in [0.3, 0.4) is 0 Å². The quantitative estimate of drug-likeness (QED) is 0.282. The number of aliphatic carboxylic acids is 1. The van der Waals surface area contributed by atoms with Gasteiger partial charge in [0.1, 0.15) is 10.7 Å². The standard InChI is InChI=1S/C26H29FN4O3S.C2HF3O2/c1-2-19-7-9-20(10-8-19)18-29-26(32)21-11-12-24(31-15-13-28-14-16-31)23(17-21)30-35(33,34)25-6-4-3-5-22(25)27;3-2(4,5)1(6)7/h3-12,17,28,30H,2,13-16,18H2,1H3,(H,29,32);(H,6,7). The molecule has 0 atom stereocenters. The SMILES string of the molecule is CCc1ccc(CNC(=O)c2ccc(N3CCNCC3)c(NS(=O)(=O)c3ccccc3F)c2)cc1.O=C(O)C(F)(F)F. The van der Waals surface area contributed by atoms with Crippen molar-refractivity contribution in [3.05, 3.63) is 89.2 Å². The second-order valence-electron chi connectivity index (χ2n) is 9.16. The topological polar surface area (TPSA) is 128 Å². The molecule has 1 saturated heterocycles. The van der Waals surface area contributed by atoms with Crippen LogP contribution in [0.5, 0.6) is 0 Å². The van der Waals surface area contributed by atoms with Crippen molar-refractivity contribution in [2.75, 3.05) is 35.8 Å². The Morgan fingerprint density at radius 1 is 0.976 bits per heavy atom. The summed E-state index contributed by atoms with van der Waals surface area (Å²) in [4.78, 5) is 23.4. The normalized spacial score (nSPS) is 13.5. The largest absolute Gasteiger partial charge is 0.490 e. The predicted molar refractivity (Wildman–Crippen MR) is 149 cm³/mol. The number of carboxylic acid groups (broad SMARTS) is 1. The van der Waals surface area contributed by atoms with E-state index in [9.17, 15) is 30.8 Å². The van der Waals surface area contributed by atoms with E-state index in [1.807, 2.05) is 29.2 Å². The van der Waals surface area contributed by atoms with Crippen LogP contribution in [0.15, 0.2) is 71.6 Å². The molecule has 0 radical (unpaired) electrons. The van der Waals surface area contributed by atoms with Gasteiger partial charge in [-0.2, -0.15) is 13.2 Å². The summed E-state index contributed by atoms with van der Waals surface area (Å²) in [5, 5.41) is 13.3. The Morgan fingerprint density at radius 3 is 2.14 bits per heavy atom. The van der Waals surface area contributed by atoms with E-state index in [0.717, 1.165) is 31.1 Å². The lowest BCUT2D eigenvalue weighted by atomic mass is 10.1. The number of piperazine rings is 1. The van der Waals surface area contributed by atoms with Crippen LogP contribution in [0.25, 0.3) is 0 Å². The fourth-order valence-electron chi connectivity index (χ4n) is 3.98. The first-order valence-electron chi connectivity index (χ1n) is 12.8. The fraction of sp³-hybridized carbons (Fsp3) is 0.286. The van der Waals surface area contributed by atoms with Crippen molar-refractivity contribution in [3.63, 3.8) is 0 Å². The second-order valence-corrected chi connectivity index (χ2v) is 10.8. The van der Waals surface area contributed by atoms with E-state index in [1.165, 1.54) is 29.8 Å². The van der Waals surface area contributed by atoms with Crippen LogP contribution in [-0.2, 0) is 27.8 Å². The minimum Gasteiger partial charge on any atom is -0.475 e. The first-order valence-corrected chi connectivity index (χ1v) is 14.3. The van der Waals surface area contributed by atoms with Crippen LogP contribution < -0.4 is 20.3 Å². The molecule has 9 nitrogen and oxygen atoms in total. The third-order valence-electron chi connectivity index (χ3n) is 6.21. The van der Waals surface area contributed by atoms with Gasteiger partial charge in [-0.3, -0.25) is 9.52 Å². The van der Waals surface area contributed by atoms with Crippen molar-refractivity contribution in [3.8, 4) is 0 Å². The molecule has 1 amide bonds. The molecule has 3 aromatic carbocycles. The van der Waals surface area contributed by atoms with Gasteiger partial charge in [0.2, 0.25) is 0 Å². The molecule has 42 heavy (non-hydrogen) atoms. The fourth-order valence-corrected chi connectivity index (χ4v) is 5.13. The summed E-state index contributed by atoms with van der Waals surface area (Å²) in [6.07, 6.45) is -4.14. The number of hydrogen-bond donors (Lipinski definition) is 4. The van der Waals surface area contributed by atoms with Crippen molar-refractivity contribution in [2.24, 2.45) is 0 Å². The van der Waals surface area contributed by atoms with E-state index in [2.05, 4.69) is 22.3 Å². The zero-order valence-corrected chi connectivity index (χ0v) is 23.4. The highest BCUT2D eigenvalue weighted by Crippen LogP contribution is 2.30. The van der Waals surface area contributed by atoms with Crippen molar-refractivity contribution < 1.29 is 40.7 Å². The maximum atomic E-state index is 14.3. The number of carbonyl (C=O) groups excluding carboxylic acids is 1. The molecule has 0 aliphatic carbocycles. The average molecular weight is 611 g/mol. The first kappa shape index (κ1) is 32.3. The number of halogens is 4. The molecule has 4 rings (SSSR count). The number of nitrogens with one attached hydrogen (secondary N) is 3. The molecule has 14 heteroatoms. The maximum absolute atomic E-state index is 14.3. The summed E-state index contributed by atoms with van der Waals surface area (Å²) in [5.74, 6) is -3.93. The molecule has 1 heterocycles. The zero-order valence-electron chi connectivity index (χ0n) is 22.5. The Bertz CT molecular complexity index is 1490. The van der Waals surface area contributed by atoms with E-state index < -0.39 is 32.9 Å². The summed E-state index contributed by atoms with van der Waals surface area (Å²) in [6.45, 7) is 5.27. The molecule has 0 unspecified atom stereocenters. The molecule has 3 aromatic rings. The number of sulfonamides is 1. The number of anilines is 2.